The summed E-state index contributed by atoms with van der Waals surface area (Å²) in [4.78, 5) is 27.7. The molecule has 1 aliphatic heterocycles. The molecule has 0 fully saturated rings. The van der Waals surface area contributed by atoms with Gasteiger partial charge in [-0.05, 0) is 69.3 Å². The smallest absolute Gasteiger partial charge is 0.339 e. The highest BCUT2D eigenvalue weighted by molar-refractivity contribution is 6.06. The van der Waals surface area contributed by atoms with Crippen molar-refractivity contribution in [1.29, 1.82) is 0 Å². The van der Waals surface area contributed by atoms with Gasteiger partial charge in [0.1, 0.15) is 0 Å². The number of esters is 2. The van der Waals surface area contributed by atoms with Crippen molar-refractivity contribution >= 4 is 11.9 Å². The van der Waals surface area contributed by atoms with E-state index in [9.17, 15) is 9.59 Å². The molecule has 1 aromatic rings. The summed E-state index contributed by atoms with van der Waals surface area (Å²) in [5.41, 5.74) is 4.82. The van der Waals surface area contributed by atoms with E-state index < -0.39 is 11.9 Å². The molecule has 0 saturated carbocycles. The van der Waals surface area contributed by atoms with Gasteiger partial charge < -0.3 is 9.47 Å². The topological polar surface area (TPSA) is 55.8 Å². The maximum absolute atomic E-state index is 12.6. The number of rotatable bonds is 7. The number of hydrogen-bond donors (Lipinski definition) is 0. The molecular formula is C21H31NO4. The molecule has 26 heavy (non-hydrogen) atoms. The van der Waals surface area contributed by atoms with Crippen molar-refractivity contribution in [2.45, 2.75) is 60.4 Å². The van der Waals surface area contributed by atoms with Gasteiger partial charge in [-0.15, -0.1) is 0 Å². The monoisotopic (exact) mass is 361 g/mol. The van der Waals surface area contributed by atoms with E-state index in [2.05, 4.69) is 11.8 Å². The second-order valence-electron chi connectivity index (χ2n) is 6.78. The maximum atomic E-state index is 12.6. The molecule has 144 valence electrons. The maximum Gasteiger partial charge on any atom is 0.339 e. The summed E-state index contributed by atoms with van der Waals surface area (Å²) in [5, 5.41) is 0. The van der Waals surface area contributed by atoms with Crippen LogP contribution in [0.3, 0.4) is 0 Å². The Morgan fingerprint density at radius 2 is 1.46 bits per heavy atom. The summed E-state index contributed by atoms with van der Waals surface area (Å²) in [6.45, 7) is 13.0. The number of benzene rings is 1. The molecule has 0 amide bonds. The minimum absolute atomic E-state index is 0.277. The number of ether oxygens (including phenoxy) is 2. The normalized spacial score (nSPS) is 14.0. The number of fused-ring (bicyclic) bond motifs is 1. The molecule has 0 unspecified atom stereocenters. The van der Waals surface area contributed by atoms with Crippen LogP contribution in [0.2, 0.25) is 0 Å². The predicted octanol–water partition coefficient (Wildman–Crippen LogP) is 3.82. The lowest BCUT2D eigenvalue weighted by Crippen LogP contribution is -2.34. The van der Waals surface area contributed by atoms with Crippen molar-refractivity contribution < 1.29 is 19.1 Å². The largest absolute Gasteiger partial charge is 0.462 e. The Hall–Kier alpha value is -1.88. The molecule has 1 aliphatic rings. The number of hydrogen-bond acceptors (Lipinski definition) is 5. The van der Waals surface area contributed by atoms with Gasteiger partial charge in [-0.2, -0.15) is 0 Å². The fraction of sp³-hybridized carbons (Fsp3) is 0.619. The third kappa shape index (κ3) is 4.09. The van der Waals surface area contributed by atoms with Crippen LogP contribution in [0, 0.1) is 13.8 Å². The summed E-state index contributed by atoms with van der Waals surface area (Å²) in [6.07, 6.45) is 3.22. The van der Waals surface area contributed by atoms with Gasteiger partial charge in [0.05, 0.1) is 24.3 Å². The first-order valence-electron chi connectivity index (χ1n) is 9.67. The number of nitrogens with zero attached hydrogens (tertiary/aromatic N) is 1. The van der Waals surface area contributed by atoms with E-state index >= 15 is 0 Å². The van der Waals surface area contributed by atoms with Crippen LogP contribution in [-0.4, -0.2) is 43.1 Å². The Labute approximate surface area is 156 Å². The van der Waals surface area contributed by atoms with Crippen LogP contribution in [0.25, 0.3) is 0 Å². The van der Waals surface area contributed by atoms with Crippen molar-refractivity contribution in [2.75, 3.05) is 26.3 Å². The zero-order valence-electron chi connectivity index (χ0n) is 16.7. The highest BCUT2D eigenvalue weighted by atomic mass is 16.5. The molecule has 0 aromatic heterocycles. The fourth-order valence-corrected chi connectivity index (χ4v) is 3.74. The first-order chi connectivity index (χ1) is 12.5. The van der Waals surface area contributed by atoms with E-state index in [-0.39, 0.29) is 13.2 Å². The average Bonchev–Trinajstić information content (AvgIpc) is 2.62. The Morgan fingerprint density at radius 1 is 0.923 bits per heavy atom. The lowest BCUT2D eigenvalue weighted by molar-refractivity contribution is 0.0476. The molecule has 0 atom stereocenters. The van der Waals surface area contributed by atoms with E-state index in [0.29, 0.717) is 11.1 Å². The molecule has 0 saturated heterocycles. The molecule has 0 N–H and O–H groups in total. The second kappa shape index (κ2) is 9.17. The summed E-state index contributed by atoms with van der Waals surface area (Å²) < 4.78 is 10.5. The molecule has 5 heteroatoms. The second-order valence-corrected chi connectivity index (χ2v) is 6.78. The van der Waals surface area contributed by atoms with Gasteiger partial charge in [0.2, 0.25) is 0 Å². The van der Waals surface area contributed by atoms with E-state index in [1.807, 2.05) is 13.8 Å². The van der Waals surface area contributed by atoms with E-state index in [1.54, 1.807) is 13.8 Å². The number of carbonyl (C=O) groups excluding carboxylic acids is 2. The van der Waals surface area contributed by atoms with Gasteiger partial charge in [-0.25, -0.2) is 9.59 Å². The van der Waals surface area contributed by atoms with Crippen molar-refractivity contribution in [3.8, 4) is 0 Å². The summed E-state index contributed by atoms with van der Waals surface area (Å²) >= 11 is 0. The summed E-state index contributed by atoms with van der Waals surface area (Å²) in [7, 11) is 0. The van der Waals surface area contributed by atoms with Crippen molar-refractivity contribution in [3.63, 3.8) is 0 Å². The fourth-order valence-electron chi connectivity index (χ4n) is 3.74. The highest BCUT2D eigenvalue weighted by Gasteiger charge is 2.31. The first-order valence-corrected chi connectivity index (χ1v) is 9.67. The van der Waals surface area contributed by atoms with Crippen molar-refractivity contribution in [1.82, 2.24) is 4.90 Å². The zero-order valence-corrected chi connectivity index (χ0v) is 16.7. The molecular weight excluding hydrogens is 330 g/mol. The van der Waals surface area contributed by atoms with Gasteiger partial charge in [-0.3, -0.25) is 4.90 Å². The summed E-state index contributed by atoms with van der Waals surface area (Å²) in [6, 6.07) is 0. The van der Waals surface area contributed by atoms with E-state index in [0.717, 1.165) is 43.6 Å². The lowest BCUT2D eigenvalue weighted by Gasteiger charge is -2.32. The molecule has 5 nitrogen and oxygen atoms in total. The van der Waals surface area contributed by atoms with Gasteiger partial charge in [0, 0.05) is 13.1 Å². The Bertz CT molecular complexity index is 681. The number of unbranched alkanes of at least 4 members (excludes halogenated alkanes) is 1. The van der Waals surface area contributed by atoms with Crippen molar-refractivity contribution in [2.24, 2.45) is 0 Å². The van der Waals surface area contributed by atoms with Crippen LogP contribution >= 0.6 is 0 Å². The zero-order chi connectivity index (χ0) is 19.3. The van der Waals surface area contributed by atoms with E-state index in [4.69, 9.17) is 9.47 Å². The summed E-state index contributed by atoms with van der Waals surface area (Å²) in [5.74, 6) is -0.878. The van der Waals surface area contributed by atoms with Crippen LogP contribution in [-0.2, 0) is 22.4 Å². The van der Waals surface area contributed by atoms with Gasteiger partial charge in [0.25, 0.3) is 0 Å². The Kier molecular flexibility index (Phi) is 7.21. The van der Waals surface area contributed by atoms with Crippen LogP contribution in [0.15, 0.2) is 0 Å². The molecule has 0 bridgehead atoms. The Balaban J connectivity index is 2.56. The van der Waals surface area contributed by atoms with Gasteiger partial charge >= 0.3 is 11.9 Å². The minimum Gasteiger partial charge on any atom is -0.462 e. The predicted molar refractivity (Wildman–Crippen MR) is 102 cm³/mol. The molecule has 0 aliphatic carbocycles. The van der Waals surface area contributed by atoms with E-state index in [1.165, 1.54) is 17.5 Å². The Morgan fingerprint density at radius 3 is 1.96 bits per heavy atom. The lowest BCUT2D eigenvalue weighted by atomic mass is 9.84. The van der Waals surface area contributed by atoms with Crippen LogP contribution in [0.5, 0.6) is 0 Å². The third-order valence-corrected chi connectivity index (χ3v) is 5.12. The minimum atomic E-state index is -0.440. The molecule has 1 aromatic carbocycles. The van der Waals surface area contributed by atoms with Gasteiger partial charge in [0.15, 0.2) is 0 Å². The molecule has 1 heterocycles. The quantitative estimate of drug-likeness (QED) is 0.691. The SMILES string of the molecule is CCCCN1CCc2c(C)c(C(=O)OCC)c(C(=O)OCC)c(C)c2C1. The van der Waals surface area contributed by atoms with Gasteiger partial charge in [-0.1, -0.05) is 13.3 Å². The molecule has 0 radical (unpaired) electrons. The first kappa shape index (κ1) is 20.4. The van der Waals surface area contributed by atoms with Crippen LogP contribution in [0.1, 0.15) is 76.6 Å². The highest BCUT2D eigenvalue weighted by Crippen LogP contribution is 2.33. The molecule has 2 rings (SSSR count). The number of carbonyl (C=O) groups is 2. The van der Waals surface area contributed by atoms with Crippen molar-refractivity contribution in [3.05, 3.63) is 33.4 Å². The van der Waals surface area contributed by atoms with Crippen LogP contribution in [0.4, 0.5) is 0 Å². The average molecular weight is 361 g/mol. The van der Waals surface area contributed by atoms with Crippen LogP contribution < -0.4 is 0 Å². The standard InChI is InChI=1S/C21H31NO4/c1-6-9-11-22-12-10-16-14(4)18(20(23)25-7-2)19(21(24)26-8-3)15(5)17(16)13-22/h6-13H2,1-5H3. The molecule has 0 spiro atoms. The third-order valence-electron chi connectivity index (χ3n) is 5.12.